The van der Waals surface area contributed by atoms with Gasteiger partial charge in [-0.3, -0.25) is 4.79 Å². The second kappa shape index (κ2) is 5.87. The van der Waals surface area contributed by atoms with Crippen LogP contribution in [0.2, 0.25) is 0 Å². The first-order chi connectivity index (χ1) is 9.83. The predicted octanol–water partition coefficient (Wildman–Crippen LogP) is 2.55. The molecule has 0 saturated heterocycles. The van der Waals surface area contributed by atoms with Gasteiger partial charge in [-0.2, -0.15) is 0 Å². The molecule has 0 fully saturated rings. The van der Waals surface area contributed by atoms with E-state index in [0.717, 1.165) is 12.1 Å². The van der Waals surface area contributed by atoms with Gasteiger partial charge < -0.3 is 11.1 Å². The number of aromatic nitrogens is 1. The lowest BCUT2D eigenvalue weighted by molar-refractivity contribution is 0.0907. The van der Waals surface area contributed by atoms with Gasteiger partial charge in [-0.15, -0.1) is 11.3 Å². The largest absolute Gasteiger partial charge is 0.342 e. The van der Waals surface area contributed by atoms with E-state index in [9.17, 15) is 13.6 Å². The number of hydrogen-bond acceptors (Lipinski definition) is 4. The lowest BCUT2D eigenvalue weighted by Gasteiger charge is -2.26. The van der Waals surface area contributed by atoms with Gasteiger partial charge in [0.25, 0.3) is 5.91 Å². The Morgan fingerprint density at radius 2 is 2.10 bits per heavy atom. The van der Waals surface area contributed by atoms with Crippen LogP contribution in [0.1, 0.15) is 34.9 Å². The van der Waals surface area contributed by atoms with E-state index in [1.165, 1.54) is 17.4 Å². The zero-order chi connectivity index (χ0) is 15.6. The minimum Gasteiger partial charge on any atom is -0.342 e. The molecule has 3 N–H and O–H groups in total. The standard InChI is InChI=1S/C14H15F2N3OS/c1-14(2,8-3-4-9(15)10(16)5-8)19-13(20)11-7-21-12(6-17)18-11/h3-5,7H,6,17H2,1-2H3,(H,19,20). The van der Waals surface area contributed by atoms with Gasteiger partial charge in [0, 0.05) is 11.9 Å². The maximum atomic E-state index is 13.3. The van der Waals surface area contributed by atoms with Crippen LogP contribution in [0.4, 0.5) is 8.78 Å². The Balaban J connectivity index is 2.19. The molecule has 4 nitrogen and oxygen atoms in total. The number of carbonyl (C=O) groups is 1. The Labute approximate surface area is 125 Å². The smallest absolute Gasteiger partial charge is 0.271 e. The number of thiazole rings is 1. The topological polar surface area (TPSA) is 68.0 Å². The number of carbonyl (C=O) groups excluding carboxylic acids is 1. The number of hydrogen-bond donors (Lipinski definition) is 2. The molecule has 0 spiro atoms. The molecule has 1 aromatic heterocycles. The first-order valence-electron chi connectivity index (χ1n) is 6.26. The van der Waals surface area contributed by atoms with E-state index in [-0.39, 0.29) is 18.1 Å². The van der Waals surface area contributed by atoms with E-state index in [0.29, 0.717) is 10.6 Å². The van der Waals surface area contributed by atoms with Crippen LogP contribution in [0.3, 0.4) is 0 Å². The maximum absolute atomic E-state index is 13.3. The van der Waals surface area contributed by atoms with Crippen LogP contribution >= 0.6 is 11.3 Å². The van der Waals surface area contributed by atoms with Crippen LogP contribution in [0.5, 0.6) is 0 Å². The summed E-state index contributed by atoms with van der Waals surface area (Å²) in [6.45, 7) is 3.67. The summed E-state index contributed by atoms with van der Waals surface area (Å²) in [6, 6.07) is 3.54. The van der Waals surface area contributed by atoms with Crippen molar-refractivity contribution in [3.8, 4) is 0 Å². The summed E-state index contributed by atoms with van der Waals surface area (Å²) in [5.74, 6) is -2.26. The summed E-state index contributed by atoms with van der Waals surface area (Å²) in [5, 5.41) is 5.02. The molecule has 2 rings (SSSR count). The number of nitrogens with zero attached hydrogens (tertiary/aromatic N) is 1. The third kappa shape index (κ3) is 3.43. The van der Waals surface area contributed by atoms with Gasteiger partial charge in [0.15, 0.2) is 11.6 Å². The number of halogens is 2. The third-order valence-electron chi connectivity index (χ3n) is 3.03. The molecule has 2 aromatic rings. The van der Waals surface area contributed by atoms with Gasteiger partial charge in [-0.1, -0.05) is 6.07 Å². The number of nitrogens with two attached hydrogens (primary N) is 1. The fourth-order valence-electron chi connectivity index (χ4n) is 1.81. The molecule has 21 heavy (non-hydrogen) atoms. The highest BCUT2D eigenvalue weighted by molar-refractivity contribution is 7.09. The van der Waals surface area contributed by atoms with Gasteiger partial charge in [0.1, 0.15) is 10.7 Å². The highest BCUT2D eigenvalue weighted by Gasteiger charge is 2.25. The fraction of sp³-hybridized carbons (Fsp3) is 0.286. The molecule has 1 amide bonds. The Morgan fingerprint density at radius 3 is 2.67 bits per heavy atom. The second-order valence-electron chi connectivity index (χ2n) is 5.04. The number of amides is 1. The molecule has 0 aliphatic rings. The van der Waals surface area contributed by atoms with E-state index in [1.54, 1.807) is 19.2 Å². The number of benzene rings is 1. The van der Waals surface area contributed by atoms with Crippen molar-refractivity contribution in [2.24, 2.45) is 5.73 Å². The quantitative estimate of drug-likeness (QED) is 0.912. The molecule has 0 aliphatic heterocycles. The molecule has 0 radical (unpaired) electrons. The van der Waals surface area contributed by atoms with Gasteiger partial charge in [-0.25, -0.2) is 13.8 Å². The van der Waals surface area contributed by atoms with Crippen LogP contribution < -0.4 is 11.1 Å². The summed E-state index contributed by atoms with van der Waals surface area (Å²) in [7, 11) is 0. The Hall–Kier alpha value is -1.86. The normalized spacial score (nSPS) is 11.5. The molecule has 0 bridgehead atoms. The molecule has 112 valence electrons. The van der Waals surface area contributed by atoms with Crippen molar-refractivity contribution in [3.63, 3.8) is 0 Å². The minimum absolute atomic E-state index is 0.260. The van der Waals surface area contributed by atoms with E-state index in [2.05, 4.69) is 10.3 Å². The fourth-order valence-corrected chi connectivity index (χ4v) is 2.47. The van der Waals surface area contributed by atoms with Crippen LogP contribution in [-0.4, -0.2) is 10.9 Å². The van der Waals surface area contributed by atoms with Crippen LogP contribution in [0, 0.1) is 11.6 Å². The Kier molecular flexibility index (Phi) is 4.34. The molecular formula is C14H15F2N3OS. The second-order valence-corrected chi connectivity index (χ2v) is 5.98. The molecule has 1 heterocycles. The van der Waals surface area contributed by atoms with Crippen molar-refractivity contribution >= 4 is 17.2 Å². The third-order valence-corrected chi connectivity index (χ3v) is 3.90. The van der Waals surface area contributed by atoms with Crippen molar-refractivity contribution in [2.45, 2.75) is 25.9 Å². The first-order valence-corrected chi connectivity index (χ1v) is 7.14. The predicted molar refractivity (Wildman–Crippen MR) is 76.9 cm³/mol. The molecule has 0 unspecified atom stereocenters. The van der Waals surface area contributed by atoms with Crippen LogP contribution in [0.25, 0.3) is 0 Å². The van der Waals surface area contributed by atoms with Crippen molar-refractivity contribution in [1.82, 2.24) is 10.3 Å². The summed E-state index contributed by atoms with van der Waals surface area (Å²) >= 11 is 1.30. The highest BCUT2D eigenvalue weighted by Crippen LogP contribution is 2.23. The number of rotatable bonds is 4. The summed E-state index contributed by atoms with van der Waals surface area (Å²) in [6.07, 6.45) is 0. The van der Waals surface area contributed by atoms with Crippen molar-refractivity contribution in [2.75, 3.05) is 0 Å². The lowest BCUT2D eigenvalue weighted by atomic mass is 9.94. The van der Waals surface area contributed by atoms with Gasteiger partial charge in [0.2, 0.25) is 0 Å². The zero-order valence-corrected chi connectivity index (χ0v) is 12.4. The Bertz CT molecular complexity index is 670. The number of nitrogens with one attached hydrogen (secondary N) is 1. The molecule has 0 saturated carbocycles. The van der Waals surface area contributed by atoms with E-state index < -0.39 is 17.2 Å². The van der Waals surface area contributed by atoms with Crippen molar-refractivity contribution in [3.05, 3.63) is 51.5 Å². The molecule has 7 heteroatoms. The molecular weight excluding hydrogens is 296 g/mol. The first kappa shape index (κ1) is 15.5. The molecule has 0 atom stereocenters. The van der Waals surface area contributed by atoms with Gasteiger partial charge >= 0.3 is 0 Å². The highest BCUT2D eigenvalue weighted by atomic mass is 32.1. The molecule has 1 aromatic carbocycles. The van der Waals surface area contributed by atoms with E-state index in [1.807, 2.05) is 0 Å². The van der Waals surface area contributed by atoms with Gasteiger partial charge in [-0.05, 0) is 31.5 Å². The van der Waals surface area contributed by atoms with Gasteiger partial charge in [0.05, 0.1) is 5.54 Å². The average Bonchev–Trinajstić information content (AvgIpc) is 2.90. The Morgan fingerprint density at radius 1 is 1.38 bits per heavy atom. The monoisotopic (exact) mass is 311 g/mol. The average molecular weight is 311 g/mol. The maximum Gasteiger partial charge on any atom is 0.271 e. The van der Waals surface area contributed by atoms with Crippen LogP contribution in [-0.2, 0) is 12.1 Å². The lowest BCUT2D eigenvalue weighted by Crippen LogP contribution is -2.41. The van der Waals surface area contributed by atoms with Crippen molar-refractivity contribution < 1.29 is 13.6 Å². The zero-order valence-electron chi connectivity index (χ0n) is 11.6. The van der Waals surface area contributed by atoms with E-state index >= 15 is 0 Å². The summed E-state index contributed by atoms with van der Waals surface area (Å²) in [4.78, 5) is 16.2. The SMILES string of the molecule is CC(C)(NC(=O)c1csc(CN)n1)c1ccc(F)c(F)c1. The van der Waals surface area contributed by atoms with Crippen molar-refractivity contribution in [1.29, 1.82) is 0 Å². The minimum atomic E-state index is -0.950. The van der Waals surface area contributed by atoms with Crippen LogP contribution in [0.15, 0.2) is 23.6 Å². The summed E-state index contributed by atoms with van der Waals surface area (Å²) in [5.41, 5.74) is 5.31. The summed E-state index contributed by atoms with van der Waals surface area (Å²) < 4.78 is 26.3. The molecule has 0 aliphatic carbocycles. The van der Waals surface area contributed by atoms with E-state index in [4.69, 9.17) is 5.73 Å².